The Morgan fingerprint density at radius 2 is 1.79 bits per heavy atom. The monoisotopic (exact) mass is 339 g/mol. The smallest absolute Gasteiger partial charge is 0.251 e. The minimum Gasteiger partial charge on any atom is -0.351 e. The molecule has 3 aromatic rings. The first kappa shape index (κ1) is 16.5. The Balaban J connectivity index is 1.48. The highest BCUT2D eigenvalue weighted by atomic mass is 32.2. The first-order chi connectivity index (χ1) is 11.7. The molecule has 0 saturated carbocycles. The number of thioether (sulfide) groups is 1. The summed E-state index contributed by atoms with van der Waals surface area (Å²) < 4.78 is 13.1. The molecule has 0 fully saturated rings. The molecule has 24 heavy (non-hydrogen) atoms. The number of hydrogen-bond acceptors (Lipinski definition) is 2. The molecule has 0 heterocycles. The number of hydrogen-bond donors (Lipinski definition) is 1. The molecule has 3 rings (SSSR count). The molecular formula is C20H18FNOS. The van der Waals surface area contributed by atoms with Crippen molar-refractivity contribution in [3.05, 3.63) is 83.7 Å². The summed E-state index contributed by atoms with van der Waals surface area (Å²) in [5.74, 6) is 1.08. The van der Waals surface area contributed by atoms with E-state index >= 15 is 0 Å². The van der Waals surface area contributed by atoms with Gasteiger partial charge in [0.2, 0.25) is 0 Å². The van der Waals surface area contributed by atoms with E-state index in [-0.39, 0.29) is 5.91 Å². The predicted octanol–water partition coefficient (Wildman–Crippen LogP) is 4.64. The van der Waals surface area contributed by atoms with Gasteiger partial charge in [0.05, 0.1) is 0 Å². The molecule has 0 aliphatic rings. The molecule has 0 atom stereocenters. The highest BCUT2D eigenvalue weighted by Crippen LogP contribution is 2.22. The number of fused-ring (bicyclic) bond motifs is 1. The fraction of sp³-hybridized carbons (Fsp3) is 0.150. The van der Waals surface area contributed by atoms with Gasteiger partial charge in [-0.05, 0) is 34.5 Å². The second kappa shape index (κ2) is 7.97. The zero-order valence-corrected chi connectivity index (χ0v) is 14.0. The predicted molar refractivity (Wildman–Crippen MR) is 98.8 cm³/mol. The summed E-state index contributed by atoms with van der Waals surface area (Å²) in [6, 6.07) is 20.4. The van der Waals surface area contributed by atoms with Gasteiger partial charge in [-0.3, -0.25) is 4.79 Å². The normalized spacial score (nSPS) is 10.7. The summed E-state index contributed by atoms with van der Waals surface area (Å²) in [6.45, 7) is 0.560. The Labute approximate surface area is 145 Å². The van der Waals surface area contributed by atoms with Gasteiger partial charge < -0.3 is 5.32 Å². The van der Waals surface area contributed by atoms with Crippen molar-refractivity contribution in [1.82, 2.24) is 5.32 Å². The molecule has 3 aromatic carbocycles. The fourth-order valence-corrected chi connectivity index (χ4v) is 3.43. The van der Waals surface area contributed by atoms with Crippen LogP contribution in [0.4, 0.5) is 4.39 Å². The molecular weight excluding hydrogens is 321 g/mol. The van der Waals surface area contributed by atoms with Crippen molar-refractivity contribution in [3.63, 3.8) is 0 Å². The molecule has 2 nitrogen and oxygen atoms in total. The molecule has 0 aliphatic heterocycles. The third-order valence-corrected chi connectivity index (χ3v) is 4.76. The highest BCUT2D eigenvalue weighted by molar-refractivity contribution is 7.98. The summed E-state index contributed by atoms with van der Waals surface area (Å²) in [6.07, 6.45) is 0. The first-order valence-corrected chi connectivity index (χ1v) is 8.97. The lowest BCUT2D eigenvalue weighted by atomic mass is 10.1. The number of carbonyl (C=O) groups excluding carboxylic acids is 1. The maximum Gasteiger partial charge on any atom is 0.251 e. The summed E-state index contributed by atoms with van der Waals surface area (Å²) in [5, 5.41) is 5.34. The van der Waals surface area contributed by atoms with Gasteiger partial charge in [-0.2, -0.15) is 11.8 Å². The number of carbonyl (C=O) groups is 1. The van der Waals surface area contributed by atoms with Crippen LogP contribution in [0.25, 0.3) is 10.8 Å². The van der Waals surface area contributed by atoms with Gasteiger partial charge in [0.1, 0.15) is 5.82 Å². The van der Waals surface area contributed by atoms with E-state index in [9.17, 15) is 9.18 Å². The maximum atomic E-state index is 13.1. The van der Waals surface area contributed by atoms with Crippen molar-refractivity contribution in [2.45, 2.75) is 5.75 Å². The van der Waals surface area contributed by atoms with Gasteiger partial charge in [-0.1, -0.05) is 48.5 Å². The zero-order valence-electron chi connectivity index (χ0n) is 13.2. The Morgan fingerprint density at radius 1 is 1.00 bits per heavy atom. The van der Waals surface area contributed by atoms with Crippen molar-refractivity contribution in [3.8, 4) is 0 Å². The minimum atomic E-state index is -0.395. The minimum absolute atomic E-state index is 0.236. The standard InChI is InChI=1S/C20H18FNOS/c21-18-9-4-7-16(13-18)20(23)22-11-12-24-14-17-8-3-6-15-5-1-2-10-19(15)17/h1-10,13H,11-12,14H2,(H,22,23). The van der Waals surface area contributed by atoms with Gasteiger partial charge in [-0.25, -0.2) is 4.39 Å². The van der Waals surface area contributed by atoms with Crippen LogP contribution in [0.1, 0.15) is 15.9 Å². The van der Waals surface area contributed by atoms with Crippen molar-refractivity contribution < 1.29 is 9.18 Å². The summed E-state index contributed by atoms with van der Waals surface area (Å²) in [5.41, 5.74) is 1.66. The van der Waals surface area contributed by atoms with Gasteiger partial charge >= 0.3 is 0 Å². The number of nitrogens with one attached hydrogen (secondary N) is 1. The van der Waals surface area contributed by atoms with Crippen molar-refractivity contribution in [2.75, 3.05) is 12.3 Å². The average Bonchev–Trinajstić information content (AvgIpc) is 2.61. The van der Waals surface area contributed by atoms with E-state index in [1.165, 1.54) is 28.5 Å². The Morgan fingerprint density at radius 3 is 2.67 bits per heavy atom. The average molecular weight is 339 g/mol. The van der Waals surface area contributed by atoms with E-state index < -0.39 is 5.82 Å². The van der Waals surface area contributed by atoms with Gasteiger partial charge in [0, 0.05) is 23.6 Å². The zero-order chi connectivity index (χ0) is 16.8. The van der Waals surface area contributed by atoms with Crippen LogP contribution in [0.3, 0.4) is 0 Å². The van der Waals surface area contributed by atoms with E-state index in [1.54, 1.807) is 23.9 Å². The van der Waals surface area contributed by atoms with E-state index in [1.807, 2.05) is 6.07 Å². The van der Waals surface area contributed by atoms with Crippen LogP contribution in [-0.2, 0) is 5.75 Å². The van der Waals surface area contributed by atoms with Crippen molar-refractivity contribution in [2.24, 2.45) is 0 Å². The highest BCUT2D eigenvalue weighted by Gasteiger charge is 2.05. The van der Waals surface area contributed by atoms with E-state index in [4.69, 9.17) is 0 Å². The van der Waals surface area contributed by atoms with Crippen molar-refractivity contribution in [1.29, 1.82) is 0 Å². The summed E-state index contributed by atoms with van der Waals surface area (Å²) in [4.78, 5) is 11.9. The Kier molecular flexibility index (Phi) is 5.49. The molecule has 0 bridgehead atoms. The maximum absolute atomic E-state index is 13.1. The van der Waals surface area contributed by atoms with Gasteiger partial charge in [0.25, 0.3) is 5.91 Å². The Bertz CT molecular complexity index is 844. The molecule has 0 aromatic heterocycles. The quantitative estimate of drug-likeness (QED) is 0.663. The molecule has 0 unspecified atom stereocenters. The first-order valence-electron chi connectivity index (χ1n) is 7.82. The Hall–Kier alpha value is -2.33. The van der Waals surface area contributed by atoms with E-state index in [0.29, 0.717) is 12.1 Å². The van der Waals surface area contributed by atoms with Gasteiger partial charge in [-0.15, -0.1) is 0 Å². The number of amides is 1. The van der Waals surface area contributed by atoms with E-state index in [2.05, 4.69) is 41.7 Å². The molecule has 0 radical (unpaired) electrons. The number of halogens is 1. The second-order valence-electron chi connectivity index (χ2n) is 5.46. The molecule has 0 spiro atoms. The topological polar surface area (TPSA) is 29.1 Å². The largest absolute Gasteiger partial charge is 0.351 e. The van der Waals surface area contributed by atoms with Crippen LogP contribution in [0.5, 0.6) is 0 Å². The number of rotatable bonds is 6. The van der Waals surface area contributed by atoms with Crippen LogP contribution in [-0.4, -0.2) is 18.2 Å². The molecule has 0 saturated heterocycles. The number of benzene rings is 3. The molecule has 4 heteroatoms. The van der Waals surface area contributed by atoms with Crippen molar-refractivity contribution >= 4 is 28.4 Å². The summed E-state index contributed by atoms with van der Waals surface area (Å²) in [7, 11) is 0. The fourth-order valence-electron chi connectivity index (χ4n) is 2.57. The lowest BCUT2D eigenvalue weighted by Crippen LogP contribution is -2.25. The van der Waals surface area contributed by atoms with Crippen LogP contribution in [0.15, 0.2) is 66.7 Å². The molecule has 0 aliphatic carbocycles. The third-order valence-electron chi connectivity index (χ3n) is 3.76. The third kappa shape index (κ3) is 4.15. The second-order valence-corrected chi connectivity index (χ2v) is 6.56. The van der Waals surface area contributed by atoms with Crippen LogP contribution in [0, 0.1) is 5.82 Å². The molecule has 1 amide bonds. The van der Waals surface area contributed by atoms with E-state index in [0.717, 1.165) is 11.5 Å². The van der Waals surface area contributed by atoms with Gasteiger partial charge in [0.15, 0.2) is 0 Å². The SMILES string of the molecule is O=C(NCCSCc1cccc2ccccc12)c1cccc(F)c1. The molecule has 122 valence electrons. The summed E-state index contributed by atoms with van der Waals surface area (Å²) >= 11 is 1.77. The van der Waals surface area contributed by atoms with Crippen LogP contribution in [0.2, 0.25) is 0 Å². The molecule has 1 N–H and O–H groups in total. The lowest BCUT2D eigenvalue weighted by molar-refractivity contribution is 0.0955. The van der Waals surface area contributed by atoms with Crippen LogP contribution < -0.4 is 5.32 Å². The van der Waals surface area contributed by atoms with Crippen LogP contribution >= 0.6 is 11.8 Å². The lowest BCUT2D eigenvalue weighted by Gasteiger charge is -2.08.